The van der Waals surface area contributed by atoms with Crippen LogP contribution in [0.25, 0.3) is 0 Å². The zero-order valence-corrected chi connectivity index (χ0v) is 15.0. The molecule has 0 bridgehead atoms. The summed E-state index contributed by atoms with van der Waals surface area (Å²) in [5, 5.41) is 9.71. The van der Waals surface area contributed by atoms with E-state index in [4.69, 9.17) is 4.42 Å². The Hall–Kier alpha value is -2.86. The minimum Gasteiger partial charge on any atom is -0.467 e. The zero-order valence-electron chi connectivity index (χ0n) is 14.2. The number of thioether (sulfide) groups is 1. The number of rotatable bonds is 7. The molecule has 0 fully saturated rings. The lowest BCUT2D eigenvalue weighted by molar-refractivity contribution is 0.479. The van der Waals surface area contributed by atoms with Crippen LogP contribution in [0.4, 0.5) is 0 Å². The van der Waals surface area contributed by atoms with Crippen molar-refractivity contribution < 1.29 is 4.42 Å². The number of pyridine rings is 1. The van der Waals surface area contributed by atoms with E-state index in [1.54, 1.807) is 24.2 Å². The van der Waals surface area contributed by atoms with Crippen molar-refractivity contribution in [2.24, 2.45) is 0 Å². The van der Waals surface area contributed by atoms with Crippen LogP contribution in [0, 0.1) is 0 Å². The predicted octanol–water partition coefficient (Wildman–Crippen LogP) is 4.20. The Kier molecular flexibility index (Phi) is 5.12. The van der Waals surface area contributed by atoms with Gasteiger partial charge in [0.05, 0.1) is 19.2 Å². The highest BCUT2D eigenvalue weighted by Crippen LogP contribution is 2.23. The molecule has 0 atom stereocenters. The van der Waals surface area contributed by atoms with Gasteiger partial charge in [0.2, 0.25) is 0 Å². The van der Waals surface area contributed by atoms with Crippen molar-refractivity contribution in [3.8, 4) is 0 Å². The molecule has 0 aliphatic rings. The molecule has 3 heterocycles. The van der Waals surface area contributed by atoms with Crippen molar-refractivity contribution in [1.82, 2.24) is 19.7 Å². The van der Waals surface area contributed by atoms with Crippen molar-refractivity contribution in [2.45, 2.75) is 23.9 Å². The summed E-state index contributed by atoms with van der Waals surface area (Å²) < 4.78 is 7.64. The fourth-order valence-electron chi connectivity index (χ4n) is 2.66. The molecule has 1 aromatic carbocycles. The van der Waals surface area contributed by atoms with Crippen LogP contribution in [0.5, 0.6) is 0 Å². The lowest BCUT2D eigenvalue weighted by Crippen LogP contribution is -2.07. The van der Waals surface area contributed by atoms with Crippen molar-refractivity contribution in [2.75, 3.05) is 0 Å². The van der Waals surface area contributed by atoms with Gasteiger partial charge in [-0.05, 0) is 29.8 Å². The average Bonchev–Trinajstić information content (AvgIpc) is 3.33. The second-order valence-electron chi connectivity index (χ2n) is 5.84. The quantitative estimate of drug-likeness (QED) is 0.461. The smallest absolute Gasteiger partial charge is 0.191 e. The largest absolute Gasteiger partial charge is 0.467 e. The SMILES string of the molecule is c1ccc(CSc2nnc(Cc3ccccn3)n2Cc2ccco2)cc1. The number of furan rings is 1. The van der Waals surface area contributed by atoms with E-state index >= 15 is 0 Å². The lowest BCUT2D eigenvalue weighted by Gasteiger charge is -2.08. The van der Waals surface area contributed by atoms with Gasteiger partial charge in [0.1, 0.15) is 11.6 Å². The molecule has 26 heavy (non-hydrogen) atoms. The number of aromatic nitrogens is 4. The van der Waals surface area contributed by atoms with Crippen molar-refractivity contribution in [1.29, 1.82) is 0 Å². The molecule has 5 nitrogen and oxygen atoms in total. The Morgan fingerprint density at radius 1 is 0.923 bits per heavy atom. The maximum atomic E-state index is 5.53. The maximum Gasteiger partial charge on any atom is 0.191 e. The Morgan fingerprint density at radius 2 is 1.81 bits per heavy atom. The summed E-state index contributed by atoms with van der Waals surface area (Å²) in [5.74, 6) is 2.62. The van der Waals surface area contributed by atoms with E-state index in [1.165, 1.54) is 5.56 Å². The third kappa shape index (κ3) is 4.03. The summed E-state index contributed by atoms with van der Waals surface area (Å²) in [6.45, 7) is 0.610. The van der Waals surface area contributed by atoms with Crippen LogP contribution >= 0.6 is 11.8 Å². The van der Waals surface area contributed by atoms with Crippen LogP contribution in [0.2, 0.25) is 0 Å². The molecule has 0 aliphatic carbocycles. The summed E-state index contributed by atoms with van der Waals surface area (Å²) in [6, 6.07) is 20.1. The number of nitrogens with zero attached hydrogens (tertiary/aromatic N) is 4. The molecule has 0 saturated carbocycles. The monoisotopic (exact) mass is 362 g/mol. The first-order valence-corrected chi connectivity index (χ1v) is 9.38. The molecule has 0 aliphatic heterocycles. The minimum atomic E-state index is 0.610. The van der Waals surface area contributed by atoms with E-state index in [9.17, 15) is 0 Å². The van der Waals surface area contributed by atoms with E-state index in [2.05, 4.69) is 44.0 Å². The summed E-state index contributed by atoms with van der Waals surface area (Å²) in [4.78, 5) is 4.40. The highest BCUT2D eigenvalue weighted by molar-refractivity contribution is 7.98. The first-order chi connectivity index (χ1) is 12.9. The van der Waals surface area contributed by atoms with Gasteiger partial charge in [-0.1, -0.05) is 48.2 Å². The van der Waals surface area contributed by atoms with Gasteiger partial charge in [0.15, 0.2) is 5.16 Å². The Balaban J connectivity index is 1.58. The number of hydrogen-bond acceptors (Lipinski definition) is 5. The number of hydrogen-bond donors (Lipinski definition) is 0. The van der Waals surface area contributed by atoms with Crippen molar-refractivity contribution in [3.05, 3.63) is 96.0 Å². The third-order valence-electron chi connectivity index (χ3n) is 3.96. The molecule has 4 aromatic rings. The summed E-state index contributed by atoms with van der Waals surface area (Å²) in [6.07, 6.45) is 4.13. The van der Waals surface area contributed by atoms with Gasteiger partial charge >= 0.3 is 0 Å². The zero-order chi connectivity index (χ0) is 17.6. The average molecular weight is 362 g/mol. The predicted molar refractivity (Wildman–Crippen MR) is 101 cm³/mol. The molecule has 0 radical (unpaired) electrons. The van der Waals surface area contributed by atoms with Crippen LogP contribution < -0.4 is 0 Å². The van der Waals surface area contributed by atoms with Gasteiger partial charge in [-0.2, -0.15) is 0 Å². The summed E-state index contributed by atoms with van der Waals surface area (Å²) in [5.41, 5.74) is 2.23. The molecule has 0 amide bonds. The van der Waals surface area contributed by atoms with Crippen LogP contribution in [-0.2, 0) is 18.7 Å². The van der Waals surface area contributed by atoms with E-state index < -0.39 is 0 Å². The van der Waals surface area contributed by atoms with E-state index in [0.717, 1.165) is 28.2 Å². The molecule has 130 valence electrons. The van der Waals surface area contributed by atoms with Crippen LogP contribution in [0.3, 0.4) is 0 Å². The summed E-state index contributed by atoms with van der Waals surface area (Å²) >= 11 is 1.68. The lowest BCUT2D eigenvalue weighted by atomic mass is 10.2. The maximum absolute atomic E-state index is 5.53. The van der Waals surface area contributed by atoms with Gasteiger partial charge in [-0.15, -0.1) is 10.2 Å². The van der Waals surface area contributed by atoms with E-state index in [0.29, 0.717) is 13.0 Å². The van der Waals surface area contributed by atoms with E-state index in [-0.39, 0.29) is 0 Å². The summed E-state index contributed by atoms with van der Waals surface area (Å²) in [7, 11) is 0. The van der Waals surface area contributed by atoms with Gasteiger partial charge in [-0.25, -0.2) is 0 Å². The molecule has 3 aromatic heterocycles. The Labute approximate surface area is 156 Å². The van der Waals surface area contributed by atoms with Crippen LogP contribution in [-0.4, -0.2) is 19.7 Å². The first kappa shape index (κ1) is 16.6. The standard InChI is InChI=1S/C20H18N4OS/c1-2-7-16(8-3-1)15-26-20-23-22-19(13-17-9-4-5-11-21-17)24(20)14-18-10-6-12-25-18/h1-12H,13-15H2. The molecular formula is C20H18N4OS. The highest BCUT2D eigenvalue weighted by Gasteiger charge is 2.15. The van der Waals surface area contributed by atoms with Crippen molar-refractivity contribution in [3.63, 3.8) is 0 Å². The molecule has 4 rings (SSSR count). The second-order valence-corrected chi connectivity index (χ2v) is 6.78. The highest BCUT2D eigenvalue weighted by atomic mass is 32.2. The van der Waals surface area contributed by atoms with Gasteiger partial charge in [0.25, 0.3) is 0 Å². The van der Waals surface area contributed by atoms with Gasteiger partial charge < -0.3 is 4.42 Å². The van der Waals surface area contributed by atoms with Gasteiger partial charge in [0, 0.05) is 17.6 Å². The van der Waals surface area contributed by atoms with Crippen LogP contribution in [0.15, 0.2) is 82.7 Å². The second kappa shape index (κ2) is 8.01. The molecule has 0 saturated heterocycles. The van der Waals surface area contributed by atoms with Crippen molar-refractivity contribution >= 4 is 11.8 Å². The van der Waals surface area contributed by atoms with Crippen LogP contribution in [0.1, 0.15) is 22.8 Å². The fourth-order valence-corrected chi connectivity index (χ4v) is 3.57. The van der Waals surface area contributed by atoms with E-state index in [1.807, 2.05) is 36.4 Å². The molecule has 0 unspecified atom stereocenters. The van der Waals surface area contributed by atoms with Gasteiger partial charge in [-0.3, -0.25) is 9.55 Å². The fraction of sp³-hybridized carbons (Fsp3) is 0.150. The molecule has 0 N–H and O–H groups in total. The molecule has 6 heteroatoms. The normalized spacial score (nSPS) is 10.9. The minimum absolute atomic E-state index is 0.610. The third-order valence-corrected chi connectivity index (χ3v) is 5.00. The molecular weight excluding hydrogens is 344 g/mol. The Morgan fingerprint density at radius 3 is 2.58 bits per heavy atom. The Bertz CT molecular complexity index is 937. The topological polar surface area (TPSA) is 56.7 Å². The first-order valence-electron chi connectivity index (χ1n) is 8.39. The molecule has 0 spiro atoms. The number of benzene rings is 1.